The van der Waals surface area contributed by atoms with Gasteiger partial charge < -0.3 is 9.84 Å². The summed E-state index contributed by atoms with van der Waals surface area (Å²) in [4.78, 5) is 11.0. The van der Waals surface area contributed by atoms with E-state index in [1.165, 1.54) is 0 Å². The van der Waals surface area contributed by atoms with E-state index in [1.54, 1.807) is 18.2 Å². The molecule has 2 rings (SSSR count). The molecule has 0 aliphatic rings. The Labute approximate surface area is 126 Å². The van der Waals surface area contributed by atoms with E-state index in [4.69, 9.17) is 9.84 Å². The molecule has 0 spiro atoms. The van der Waals surface area contributed by atoms with E-state index >= 15 is 0 Å². The molecule has 0 aromatic heterocycles. The predicted octanol–water partition coefficient (Wildman–Crippen LogP) is 3.74. The largest absolute Gasteiger partial charge is 0.478 e. The Kier molecular flexibility index (Phi) is 5.78. The van der Waals surface area contributed by atoms with Gasteiger partial charge in [0.25, 0.3) is 0 Å². The zero-order valence-electron chi connectivity index (χ0n) is 10.5. The van der Waals surface area contributed by atoms with Gasteiger partial charge in [0.1, 0.15) is 11.5 Å². The first-order chi connectivity index (χ1) is 8.70. The summed E-state index contributed by atoms with van der Waals surface area (Å²) in [5, 5.41) is 9.04. The Morgan fingerprint density at radius 3 is 2.37 bits per heavy atom. The van der Waals surface area contributed by atoms with Crippen LogP contribution < -0.4 is 4.74 Å². The van der Waals surface area contributed by atoms with Crippen LogP contribution in [0.5, 0.6) is 11.5 Å². The van der Waals surface area contributed by atoms with Crippen molar-refractivity contribution in [2.45, 2.75) is 13.3 Å². The van der Waals surface area contributed by atoms with Crippen molar-refractivity contribution in [3.8, 4) is 11.5 Å². The molecule has 1 N–H and O–H groups in total. The molecular weight excluding hydrogens is 412 g/mol. The average molecular weight is 426 g/mol. The van der Waals surface area contributed by atoms with E-state index in [1.807, 2.05) is 37.3 Å². The molecule has 0 aliphatic heterocycles. The van der Waals surface area contributed by atoms with Gasteiger partial charge in [0.05, 0.1) is 5.56 Å². The van der Waals surface area contributed by atoms with Crippen molar-refractivity contribution in [1.29, 1.82) is 0 Å². The fraction of sp³-hybridized carbons (Fsp3) is 0.133. The zero-order chi connectivity index (χ0) is 13.0. The minimum atomic E-state index is -0.905. The summed E-state index contributed by atoms with van der Waals surface area (Å²) in [6, 6.07) is 14.4. The first-order valence-electron chi connectivity index (χ1n) is 5.80. The molecule has 19 heavy (non-hydrogen) atoms. The molecule has 2 aromatic rings. The number of hydrogen-bond acceptors (Lipinski definition) is 2. The molecule has 0 atom stereocenters. The summed E-state index contributed by atoms with van der Waals surface area (Å²) in [7, 11) is 0. The SMILES string of the molecule is CCc1cc(Oc2ccccc2)ccc1C(=O)O.[W]. The number of para-hydroxylation sites is 1. The molecule has 0 saturated carbocycles. The fourth-order valence-corrected chi connectivity index (χ4v) is 1.76. The van der Waals surface area contributed by atoms with Crippen LogP contribution in [0.3, 0.4) is 0 Å². The summed E-state index contributed by atoms with van der Waals surface area (Å²) in [6.07, 6.45) is 0.660. The number of carboxylic acids is 1. The third-order valence-corrected chi connectivity index (χ3v) is 2.67. The molecule has 0 aliphatic carbocycles. The Hall–Kier alpha value is -1.60. The van der Waals surface area contributed by atoms with Gasteiger partial charge in [-0.3, -0.25) is 0 Å². The first-order valence-corrected chi connectivity index (χ1v) is 5.80. The van der Waals surface area contributed by atoms with Gasteiger partial charge in [0.2, 0.25) is 0 Å². The van der Waals surface area contributed by atoms with Crippen LogP contribution in [0.1, 0.15) is 22.8 Å². The van der Waals surface area contributed by atoms with E-state index in [-0.39, 0.29) is 21.1 Å². The van der Waals surface area contributed by atoms with Crippen molar-refractivity contribution >= 4 is 5.97 Å². The van der Waals surface area contributed by atoms with Gasteiger partial charge in [0.15, 0.2) is 0 Å². The van der Waals surface area contributed by atoms with Gasteiger partial charge in [-0.15, -0.1) is 0 Å². The van der Waals surface area contributed by atoms with Gasteiger partial charge in [-0.2, -0.15) is 0 Å². The van der Waals surface area contributed by atoms with Crippen LogP contribution in [-0.2, 0) is 27.5 Å². The smallest absolute Gasteiger partial charge is 0.335 e. The Bertz CT molecular complexity index is 553. The second kappa shape index (κ2) is 7.10. The molecular formula is C15H14O3W. The number of benzene rings is 2. The third-order valence-electron chi connectivity index (χ3n) is 2.67. The molecule has 3 nitrogen and oxygen atoms in total. The van der Waals surface area contributed by atoms with Crippen molar-refractivity contribution in [2.24, 2.45) is 0 Å². The van der Waals surface area contributed by atoms with Crippen molar-refractivity contribution in [1.82, 2.24) is 0 Å². The van der Waals surface area contributed by atoms with Crippen LogP contribution in [0, 0.1) is 0 Å². The average Bonchev–Trinajstić information content (AvgIpc) is 2.39. The van der Waals surface area contributed by atoms with Crippen LogP contribution in [-0.4, -0.2) is 11.1 Å². The molecule has 0 unspecified atom stereocenters. The fourth-order valence-electron chi connectivity index (χ4n) is 1.76. The van der Waals surface area contributed by atoms with Crippen LogP contribution in [0.25, 0.3) is 0 Å². The minimum Gasteiger partial charge on any atom is -0.478 e. The van der Waals surface area contributed by atoms with Crippen LogP contribution in [0.15, 0.2) is 48.5 Å². The van der Waals surface area contributed by atoms with Crippen molar-refractivity contribution in [3.05, 3.63) is 59.7 Å². The first kappa shape index (κ1) is 15.5. The van der Waals surface area contributed by atoms with Gasteiger partial charge in [-0.25, -0.2) is 4.79 Å². The molecule has 4 heteroatoms. The van der Waals surface area contributed by atoms with E-state index in [0.29, 0.717) is 17.7 Å². The molecule has 0 bridgehead atoms. The summed E-state index contributed by atoms with van der Waals surface area (Å²) < 4.78 is 5.66. The Balaban J connectivity index is 0.00000180. The zero-order valence-corrected chi connectivity index (χ0v) is 13.4. The van der Waals surface area contributed by atoms with Crippen LogP contribution in [0.2, 0.25) is 0 Å². The maximum absolute atomic E-state index is 11.0. The van der Waals surface area contributed by atoms with Crippen LogP contribution in [0.4, 0.5) is 0 Å². The second-order valence-corrected chi connectivity index (χ2v) is 3.89. The molecule has 0 fully saturated rings. The molecule has 2 aromatic carbocycles. The summed E-state index contributed by atoms with van der Waals surface area (Å²) in [5.41, 5.74) is 1.11. The molecule has 98 valence electrons. The Morgan fingerprint density at radius 2 is 1.79 bits per heavy atom. The number of aromatic carboxylic acids is 1. The number of carbonyl (C=O) groups is 1. The standard InChI is InChI=1S/C15H14O3.W/c1-2-11-10-13(8-9-14(11)15(16)17)18-12-6-4-3-5-7-12;/h3-10H,2H2,1H3,(H,16,17);. The molecule has 0 radical (unpaired) electrons. The maximum Gasteiger partial charge on any atom is 0.335 e. The van der Waals surface area contributed by atoms with E-state index < -0.39 is 5.97 Å². The minimum absolute atomic E-state index is 0. The van der Waals surface area contributed by atoms with Gasteiger partial charge in [0, 0.05) is 21.1 Å². The van der Waals surface area contributed by atoms with Gasteiger partial charge in [-0.1, -0.05) is 25.1 Å². The second-order valence-electron chi connectivity index (χ2n) is 3.89. The van der Waals surface area contributed by atoms with Crippen molar-refractivity contribution in [3.63, 3.8) is 0 Å². The summed E-state index contributed by atoms with van der Waals surface area (Å²) in [5.74, 6) is 0.490. The number of aryl methyl sites for hydroxylation is 1. The van der Waals surface area contributed by atoms with E-state index in [9.17, 15) is 4.79 Å². The monoisotopic (exact) mass is 426 g/mol. The quantitative estimate of drug-likeness (QED) is 0.811. The number of carboxylic acid groups (broad SMARTS) is 1. The Morgan fingerprint density at radius 1 is 1.11 bits per heavy atom. The molecule has 0 saturated heterocycles. The van der Waals surface area contributed by atoms with Crippen molar-refractivity contribution < 1.29 is 35.7 Å². The maximum atomic E-state index is 11.0. The molecule has 0 heterocycles. The van der Waals surface area contributed by atoms with E-state index in [2.05, 4.69) is 0 Å². The predicted molar refractivity (Wildman–Crippen MR) is 69.3 cm³/mol. The third kappa shape index (κ3) is 3.93. The van der Waals surface area contributed by atoms with E-state index in [0.717, 1.165) is 11.3 Å². The topological polar surface area (TPSA) is 46.5 Å². The normalized spacial score (nSPS) is 9.53. The summed E-state index contributed by atoms with van der Waals surface area (Å²) >= 11 is 0. The van der Waals surface area contributed by atoms with Crippen molar-refractivity contribution in [2.75, 3.05) is 0 Å². The van der Waals surface area contributed by atoms with Gasteiger partial charge in [-0.05, 0) is 42.3 Å². The number of ether oxygens (including phenoxy) is 1. The van der Waals surface area contributed by atoms with Gasteiger partial charge >= 0.3 is 5.97 Å². The number of rotatable bonds is 4. The summed E-state index contributed by atoms with van der Waals surface area (Å²) in [6.45, 7) is 1.92. The van der Waals surface area contributed by atoms with Crippen LogP contribution >= 0.6 is 0 Å². The number of hydrogen-bond donors (Lipinski definition) is 1. The molecule has 0 amide bonds.